The molecule has 0 radical (unpaired) electrons. The van der Waals surface area contributed by atoms with E-state index >= 15 is 0 Å². The highest BCUT2D eigenvalue weighted by Crippen LogP contribution is 2.02. The van der Waals surface area contributed by atoms with Gasteiger partial charge in [0.1, 0.15) is 0 Å². The molecule has 0 aliphatic rings. The van der Waals surface area contributed by atoms with Gasteiger partial charge in [-0.3, -0.25) is 19.5 Å². The molecule has 0 fully saturated rings. The van der Waals surface area contributed by atoms with E-state index in [1.807, 2.05) is 18.5 Å². The highest BCUT2D eigenvalue weighted by molar-refractivity contribution is 14.0. The molecular formula is C19H30IN7O. The Morgan fingerprint density at radius 2 is 2.00 bits per heavy atom. The highest BCUT2D eigenvalue weighted by Gasteiger charge is 2.04. The van der Waals surface area contributed by atoms with Gasteiger partial charge < -0.3 is 16.0 Å². The van der Waals surface area contributed by atoms with Gasteiger partial charge in [-0.15, -0.1) is 24.0 Å². The van der Waals surface area contributed by atoms with Crippen LogP contribution in [0.2, 0.25) is 0 Å². The second-order valence-corrected chi connectivity index (χ2v) is 6.19. The van der Waals surface area contributed by atoms with Gasteiger partial charge in [-0.2, -0.15) is 5.10 Å². The summed E-state index contributed by atoms with van der Waals surface area (Å²) < 4.78 is 2.01. The van der Waals surface area contributed by atoms with Crippen molar-refractivity contribution < 1.29 is 4.79 Å². The van der Waals surface area contributed by atoms with Gasteiger partial charge in [0.25, 0.3) is 5.91 Å². The summed E-state index contributed by atoms with van der Waals surface area (Å²) >= 11 is 0. The number of halogens is 1. The van der Waals surface area contributed by atoms with E-state index in [1.54, 1.807) is 24.5 Å². The van der Waals surface area contributed by atoms with E-state index in [-0.39, 0.29) is 29.9 Å². The quantitative estimate of drug-likeness (QED) is 0.212. The number of nitrogens with one attached hydrogen (secondary N) is 3. The molecule has 3 N–H and O–H groups in total. The summed E-state index contributed by atoms with van der Waals surface area (Å²) in [5, 5.41) is 13.8. The zero-order valence-corrected chi connectivity index (χ0v) is 19.1. The predicted molar refractivity (Wildman–Crippen MR) is 122 cm³/mol. The number of guanidine groups is 1. The van der Waals surface area contributed by atoms with Crippen LogP contribution in [0.15, 0.2) is 35.6 Å². The molecular weight excluding hydrogens is 469 g/mol. The number of rotatable bonds is 9. The number of pyridine rings is 1. The molecule has 0 aromatic carbocycles. The lowest BCUT2D eigenvalue weighted by Gasteiger charge is -2.12. The maximum Gasteiger partial charge on any atom is 0.252 e. The Hall–Kier alpha value is -2.17. The average Bonchev–Trinajstić information content (AvgIpc) is 2.99. The first kappa shape index (κ1) is 23.9. The first-order chi connectivity index (χ1) is 13.1. The fourth-order valence-corrected chi connectivity index (χ4v) is 2.61. The van der Waals surface area contributed by atoms with Crippen LogP contribution in [-0.4, -0.2) is 52.8 Å². The Labute approximate surface area is 183 Å². The first-order valence-electron chi connectivity index (χ1n) is 9.31. The normalized spacial score (nSPS) is 10.9. The zero-order valence-electron chi connectivity index (χ0n) is 16.7. The van der Waals surface area contributed by atoms with Crippen LogP contribution in [0.25, 0.3) is 0 Å². The Morgan fingerprint density at radius 1 is 1.21 bits per heavy atom. The fourth-order valence-electron chi connectivity index (χ4n) is 2.61. The number of aliphatic imine (C=N–C) groups is 1. The van der Waals surface area contributed by atoms with Crippen molar-refractivity contribution in [2.24, 2.45) is 4.99 Å². The molecule has 0 aliphatic carbocycles. The maximum atomic E-state index is 12.0. The lowest BCUT2D eigenvalue weighted by Crippen LogP contribution is -2.41. The summed E-state index contributed by atoms with van der Waals surface area (Å²) in [4.78, 5) is 20.5. The standard InChI is InChI=1S/C19H29N7O.HI/c1-4-21-19(23-9-6-12-26-16(3)13-15(2)25-26)24-11-10-22-18(27)17-7-5-8-20-14-17;/h5,7-8,13-14H,4,6,9-12H2,1-3H3,(H,22,27)(H2,21,23,24);1H. The smallest absolute Gasteiger partial charge is 0.252 e. The fraction of sp³-hybridized carbons (Fsp3) is 0.474. The summed E-state index contributed by atoms with van der Waals surface area (Å²) in [6.45, 7) is 9.53. The van der Waals surface area contributed by atoms with Crippen molar-refractivity contribution in [1.82, 2.24) is 30.7 Å². The van der Waals surface area contributed by atoms with E-state index < -0.39 is 0 Å². The lowest BCUT2D eigenvalue weighted by atomic mass is 10.3. The van der Waals surface area contributed by atoms with Crippen LogP contribution in [0.3, 0.4) is 0 Å². The third-order valence-electron chi connectivity index (χ3n) is 3.87. The minimum Gasteiger partial charge on any atom is -0.357 e. The van der Waals surface area contributed by atoms with Crippen molar-refractivity contribution in [1.29, 1.82) is 0 Å². The average molecular weight is 499 g/mol. The molecule has 0 unspecified atom stereocenters. The minimum absolute atomic E-state index is 0. The molecule has 0 atom stereocenters. The molecule has 1 amide bonds. The highest BCUT2D eigenvalue weighted by atomic mass is 127. The Morgan fingerprint density at radius 3 is 2.64 bits per heavy atom. The van der Waals surface area contributed by atoms with E-state index in [0.717, 1.165) is 31.2 Å². The van der Waals surface area contributed by atoms with Gasteiger partial charge >= 0.3 is 0 Å². The lowest BCUT2D eigenvalue weighted by molar-refractivity contribution is 0.0954. The van der Waals surface area contributed by atoms with Gasteiger partial charge in [-0.1, -0.05) is 0 Å². The van der Waals surface area contributed by atoms with E-state index in [9.17, 15) is 4.79 Å². The molecule has 9 heteroatoms. The van der Waals surface area contributed by atoms with Crippen molar-refractivity contribution in [2.75, 3.05) is 26.2 Å². The molecule has 0 saturated heterocycles. The molecule has 0 aliphatic heterocycles. The molecule has 2 rings (SSSR count). The van der Waals surface area contributed by atoms with E-state index in [2.05, 4.69) is 44.0 Å². The number of aromatic nitrogens is 3. The van der Waals surface area contributed by atoms with Crippen LogP contribution >= 0.6 is 24.0 Å². The first-order valence-corrected chi connectivity index (χ1v) is 9.31. The minimum atomic E-state index is -0.128. The number of hydrogen-bond donors (Lipinski definition) is 3. The maximum absolute atomic E-state index is 12.0. The van der Waals surface area contributed by atoms with Crippen molar-refractivity contribution in [3.05, 3.63) is 47.5 Å². The van der Waals surface area contributed by atoms with Crippen molar-refractivity contribution in [3.63, 3.8) is 0 Å². The van der Waals surface area contributed by atoms with Gasteiger partial charge in [0, 0.05) is 50.8 Å². The molecule has 0 spiro atoms. The summed E-state index contributed by atoms with van der Waals surface area (Å²) in [6.07, 6.45) is 4.11. The Bertz CT molecular complexity index is 746. The summed E-state index contributed by atoms with van der Waals surface area (Å²) in [7, 11) is 0. The van der Waals surface area contributed by atoms with Crippen LogP contribution in [0.1, 0.15) is 35.1 Å². The van der Waals surface area contributed by atoms with Crippen LogP contribution in [0.4, 0.5) is 0 Å². The number of amides is 1. The van der Waals surface area contributed by atoms with E-state index in [4.69, 9.17) is 0 Å². The third-order valence-corrected chi connectivity index (χ3v) is 3.87. The molecule has 28 heavy (non-hydrogen) atoms. The zero-order chi connectivity index (χ0) is 19.5. The SMILES string of the molecule is CCNC(=NCCCn1nc(C)cc1C)NCCNC(=O)c1cccnc1.I. The molecule has 2 aromatic heterocycles. The summed E-state index contributed by atoms with van der Waals surface area (Å²) in [6, 6.07) is 5.56. The third kappa shape index (κ3) is 8.24. The van der Waals surface area contributed by atoms with Crippen molar-refractivity contribution >= 4 is 35.8 Å². The number of carbonyl (C=O) groups is 1. The number of hydrogen-bond acceptors (Lipinski definition) is 4. The molecule has 0 bridgehead atoms. The number of nitrogens with zero attached hydrogens (tertiary/aromatic N) is 4. The molecule has 0 saturated carbocycles. The summed E-state index contributed by atoms with van der Waals surface area (Å²) in [5.41, 5.74) is 2.77. The second-order valence-electron chi connectivity index (χ2n) is 6.19. The Balaban J connectivity index is 0.00000392. The van der Waals surface area contributed by atoms with Gasteiger partial charge in [0.05, 0.1) is 11.3 Å². The van der Waals surface area contributed by atoms with Crippen molar-refractivity contribution in [3.8, 4) is 0 Å². The van der Waals surface area contributed by atoms with Gasteiger partial charge in [0.2, 0.25) is 0 Å². The van der Waals surface area contributed by atoms with Crippen LogP contribution < -0.4 is 16.0 Å². The topological polar surface area (TPSA) is 96.2 Å². The second kappa shape index (κ2) is 13.1. The van der Waals surface area contributed by atoms with E-state index in [0.29, 0.717) is 25.2 Å². The van der Waals surface area contributed by atoms with Gasteiger partial charge in [-0.25, -0.2) is 0 Å². The van der Waals surface area contributed by atoms with E-state index in [1.165, 1.54) is 5.69 Å². The van der Waals surface area contributed by atoms with Gasteiger partial charge in [0.15, 0.2) is 5.96 Å². The largest absolute Gasteiger partial charge is 0.357 e. The number of carbonyl (C=O) groups excluding carboxylic acids is 1. The molecule has 2 aromatic rings. The van der Waals surface area contributed by atoms with Gasteiger partial charge in [-0.05, 0) is 45.4 Å². The van der Waals surface area contributed by atoms with Crippen LogP contribution in [0, 0.1) is 13.8 Å². The molecule has 154 valence electrons. The number of aryl methyl sites for hydroxylation is 3. The molecule has 2 heterocycles. The predicted octanol–water partition coefficient (Wildman–Crippen LogP) is 1.89. The summed E-state index contributed by atoms with van der Waals surface area (Å²) in [5.74, 6) is 0.623. The Kier molecular flexibility index (Phi) is 11.2. The van der Waals surface area contributed by atoms with Crippen molar-refractivity contribution in [2.45, 2.75) is 33.7 Å². The van der Waals surface area contributed by atoms with Crippen LogP contribution in [0.5, 0.6) is 0 Å². The monoisotopic (exact) mass is 499 g/mol. The van der Waals surface area contributed by atoms with Crippen LogP contribution in [-0.2, 0) is 6.54 Å². The molecule has 8 nitrogen and oxygen atoms in total.